The Morgan fingerprint density at radius 2 is 2.12 bits per heavy atom. The van der Waals surface area contributed by atoms with Gasteiger partial charge in [0, 0.05) is 0 Å². The first kappa shape index (κ1) is 10.5. The van der Waals surface area contributed by atoms with Gasteiger partial charge in [0.2, 0.25) is 0 Å². The lowest BCUT2D eigenvalue weighted by atomic mass is 10.2. The summed E-state index contributed by atoms with van der Waals surface area (Å²) in [6, 6.07) is 6.57. The number of fused-ring (bicyclic) bond motifs is 1. The molecular formula is C12H11NO3S. The Morgan fingerprint density at radius 1 is 1.41 bits per heavy atom. The lowest BCUT2D eigenvalue weighted by Crippen LogP contribution is -2.27. The molecule has 1 aromatic carbocycles. The van der Waals surface area contributed by atoms with Gasteiger partial charge in [-0.3, -0.25) is 4.79 Å². The molecule has 0 aliphatic heterocycles. The number of hydrogen-bond donors (Lipinski definition) is 1. The van der Waals surface area contributed by atoms with Gasteiger partial charge in [-0.05, 0) is 30.9 Å². The molecule has 0 amide bonds. The van der Waals surface area contributed by atoms with E-state index < -0.39 is 12.0 Å². The average Bonchev–Trinajstić information content (AvgIpc) is 3.07. The minimum absolute atomic E-state index is 0.123. The van der Waals surface area contributed by atoms with Crippen LogP contribution in [0.25, 0.3) is 10.1 Å². The lowest BCUT2D eigenvalue weighted by molar-refractivity contribution is -0.141. The molecule has 1 unspecified atom stereocenters. The average molecular weight is 249 g/mol. The Bertz CT molecular complexity index is 638. The Balaban J connectivity index is 2.19. The standard InChI is InChI=1S/C12H11NO3S/c14-11-8-3-1-2-4-9(8)17-13(11)10(12(15)16)7-5-6-7/h1-4,7,10H,5-6H2,(H,15,16). The molecule has 5 heteroatoms. The lowest BCUT2D eigenvalue weighted by Gasteiger charge is -2.10. The topological polar surface area (TPSA) is 59.3 Å². The first-order valence-corrected chi connectivity index (χ1v) is 6.29. The highest BCUT2D eigenvalue weighted by Gasteiger charge is 2.39. The van der Waals surface area contributed by atoms with E-state index in [1.165, 1.54) is 15.5 Å². The number of hydrogen-bond acceptors (Lipinski definition) is 3. The Kier molecular flexibility index (Phi) is 2.29. The zero-order valence-electron chi connectivity index (χ0n) is 9.00. The monoisotopic (exact) mass is 249 g/mol. The van der Waals surface area contributed by atoms with Crippen LogP contribution in [0, 0.1) is 5.92 Å². The van der Waals surface area contributed by atoms with Crippen molar-refractivity contribution in [2.24, 2.45) is 5.92 Å². The highest BCUT2D eigenvalue weighted by molar-refractivity contribution is 7.14. The first-order valence-electron chi connectivity index (χ1n) is 5.52. The van der Waals surface area contributed by atoms with Crippen LogP contribution in [0.5, 0.6) is 0 Å². The van der Waals surface area contributed by atoms with Gasteiger partial charge in [-0.25, -0.2) is 8.75 Å². The Labute approximate surface area is 101 Å². The van der Waals surface area contributed by atoms with Crippen molar-refractivity contribution in [1.82, 2.24) is 3.96 Å². The smallest absolute Gasteiger partial charge is 0.328 e. The molecule has 1 heterocycles. The fraction of sp³-hybridized carbons (Fsp3) is 0.333. The van der Waals surface area contributed by atoms with Gasteiger partial charge in [-0.15, -0.1) is 0 Å². The largest absolute Gasteiger partial charge is 0.480 e. The number of aliphatic carboxylic acids is 1. The molecule has 0 saturated heterocycles. The second-order valence-electron chi connectivity index (χ2n) is 4.34. The van der Waals surface area contributed by atoms with Crippen LogP contribution in [-0.4, -0.2) is 15.0 Å². The maximum Gasteiger partial charge on any atom is 0.328 e. The summed E-state index contributed by atoms with van der Waals surface area (Å²) in [7, 11) is 0. The third-order valence-corrected chi connectivity index (χ3v) is 4.23. The molecule has 1 aliphatic carbocycles. The molecule has 0 bridgehead atoms. The quantitative estimate of drug-likeness (QED) is 0.906. The van der Waals surface area contributed by atoms with Gasteiger partial charge in [0.15, 0.2) is 0 Å². The molecular weight excluding hydrogens is 238 g/mol. The van der Waals surface area contributed by atoms with Crippen molar-refractivity contribution in [1.29, 1.82) is 0 Å². The van der Waals surface area contributed by atoms with Crippen molar-refractivity contribution in [3.8, 4) is 0 Å². The predicted octanol–water partition coefficient (Wildman–Crippen LogP) is 2.10. The summed E-state index contributed by atoms with van der Waals surface area (Å²) in [5.74, 6) is -0.778. The van der Waals surface area contributed by atoms with Crippen molar-refractivity contribution in [3.63, 3.8) is 0 Å². The van der Waals surface area contributed by atoms with Gasteiger partial charge in [0.05, 0.1) is 10.1 Å². The molecule has 1 fully saturated rings. The van der Waals surface area contributed by atoms with Crippen LogP contribution in [0.15, 0.2) is 29.1 Å². The van der Waals surface area contributed by atoms with Crippen LogP contribution in [0.4, 0.5) is 0 Å². The summed E-state index contributed by atoms with van der Waals surface area (Å²) in [4.78, 5) is 23.4. The van der Waals surface area contributed by atoms with E-state index in [1.54, 1.807) is 12.1 Å². The molecule has 3 rings (SSSR count). The molecule has 1 N–H and O–H groups in total. The van der Waals surface area contributed by atoms with Gasteiger partial charge < -0.3 is 5.11 Å². The summed E-state index contributed by atoms with van der Waals surface area (Å²) in [5.41, 5.74) is -0.176. The highest BCUT2D eigenvalue weighted by Crippen LogP contribution is 2.40. The van der Waals surface area contributed by atoms with Crippen molar-refractivity contribution >= 4 is 27.6 Å². The zero-order valence-corrected chi connectivity index (χ0v) is 9.81. The van der Waals surface area contributed by atoms with E-state index in [0.29, 0.717) is 5.39 Å². The Morgan fingerprint density at radius 3 is 2.71 bits per heavy atom. The number of carboxylic acid groups (broad SMARTS) is 1. The van der Waals surface area contributed by atoms with Crippen LogP contribution in [-0.2, 0) is 4.79 Å². The Hall–Kier alpha value is -1.62. The van der Waals surface area contributed by atoms with E-state index in [2.05, 4.69) is 0 Å². The van der Waals surface area contributed by atoms with Crippen molar-refractivity contribution in [2.45, 2.75) is 18.9 Å². The van der Waals surface area contributed by atoms with Crippen LogP contribution < -0.4 is 5.56 Å². The fourth-order valence-electron chi connectivity index (χ4n) is 2.08. The van der Waals surface area contributed by atoms with Crippen LogP contribution in [0.2, 0.25) is 0 Å². The third-order valence-electron chi connectivity index (χ3n) is 3.09. The molecule has 0 radical (unpaired) electrons. The summed E-state index contributed by atoms with van der Waals surface area (Å²) in [5, 5.41) is 9.85. The van der Waals surface area contributed by atoms with Crippen LogP contribution >= 0.6 is 11.5 Å². The molecule has 1 saturated carbocycles. The molecule has 0 spiro atoms. The van der Waals surface area contributed by atoms with E-state index in [9.17, 15) is 14.7 Å². The number of rotatable bonds is 3. The molecule has 1 aromatic heterocycles. The summed E-state index contributed by atoms with van der Waals surface area (Å²) in [6.45, 7) is 0. The van der Waals surface area contributed by atoms with Gasteiger partial charge >= 0.3 is 5.97 Å². The molecule has 88 valence electrons. The predicted molar refractivity (Wildman–Crippen MR) is 65.5 cm³/mol. The van der Waals surface area contributed by atoms with E-state index in [0.717, 1.165) is 17.5 Å². The van der Waals surface area contributed by atoms with E-state index in [-0.39, 0.29) is 11.5 Å². The number of carbonyl (C=O) groups is 1. The van der Waals surface area contributed by atoms with E-state index in [4.69, 9.17) is 0 Å². The first-order chi connectivity index (χ1) is 8.18. The van der Waals surface area contributed by atoms with Crippen molar-refractivity contribution in [3.05, 3.63) is 34.6 Å². The summed E-state index contributed by atoms with van der Waals surface area (Å²) >= 11 is 1.25. The van der Waals surface area contributed by atoms with Gasteiger partial charge in [0.1, 0.15) is 6.04 Å². The van der Waals surface area contributed by atoms with Gasteiger partial charge in [0.25, 0.3) is 5.56 Å². The van der Waals surface area contributed by atoms with Gasteiger partial charge in [-0.1, -0.05) is 23.7 Å². The van der Waals surface area contributed by atoms with Crippen molar-refractivity contribution in [2.75, 3.05) is 0 Å². The molecule has 4 nitrogen and oxygen atoms in total. The van der Waals surface area contributed by atoms with E-state index in [1.807, 2.05) is 12.1 Å². The van der Waals surface area contributed by atoms with Crippen molar-refractivity contribution < 1.29 is 9.90 Å². The maximum absolute atomic E-state index is 12.1. The minimum atomic E-state index is -0.902. The highest BCUT2D eigenvalue weighted by atomic mass is 32.1. The van der Waals surface area contributed by atoms with Crippen LogP contribution in [0.1, 0.15) is 18.9 Å². The molecule has 1 aliphatic rings. The SMILES string of the molecule is O=C(O)C(C1CC1)n1sc2ccccc2c1=O. The molecule has 2 aromatic rings. The normalized spacial score (nSPS) is 17.2. The van der Waals surface area contributed by atoms with Crippen LogP contribution in [0.3, 0.4) is 0 Å². The summed E-state index contributed by atoms with van der Waals surface area (Å²) in [6.07, 6.45) is 1.80. The minimum Gasteiger partial charge on any atom is -0.480 e. The zero-order chi connectivity index (χ0) is 12.0. The second-order valence-corrected chi connectivity index (χ2v) is 5.35. The molecule has 1 atom stereocenters. The maximum atomic E-state index is 12.1. The van der Waals surface area contributed by atoms with Gasteiger partial charge in [-0.2, -0.15) is 0 Å². The number of benzene rings is 1. The summed E-state index contributed by atoms with van der Waals surface area (Å²) < 4.78 is 2.27. The molecule has 17 heavy (non-hydrogen) atoms. The number of nitrogens with zero attached hydrogens (tertiary/aromatic N) is 1. The fourth-order valence-corrected chi connectivity index (χ4v) is 3.24. The second kappa shape index (κ2) is 3.70. The number of carboxylic acids is 1. The van der Waals surface area contributed by atoms with E-state index >= 15 is 0 Å². The number of aromatic nitrogens is 1. The third kappa shape index (κ3) is 1.67.